The van der Waals surface area contributed by atoms with Crippen molar-refractivity contribution in [2.24, 2.45) is 0 Å². The SMILES string of the molecule is CC(Cc1cccnc1)NC1CCN(c2ccc(NC(=O)Cc3cccc(Cl)c3)cc2)CC1. The highest BCUT2D eigenvalue weighted by Gasteiger charge is 2.21. The van der Waals surface area contributed by atoms with Gasteiger partial charge in [-0.3, -0.25) is 9.78 Å². The van der Waals surface area contributed by atoms with E-state index in [0.717, 1.165) is 43.6 Å². The third-order valence-corrected chi connectivity index (χ3v) is 6.28. The molecular formula is C27H31ClN4O. The van der Waals surface area contributed by atoms with Crippen LogP contribution in [0.5, 0.6) is 0 Å². The van der Waals surface area contributed by atoms with Crippen LogP contribution < -0.4 is 15.5 Å². The van der Waals surface area contributed by atoms with Gasteiger partial charge in [0.15, 0.2) is 0 Å². The number of anilines is 2. The predicted octanol–water partition coefficient (Wildman–Crippen LogP) is 5.11. The van der Waals surface area contributed by atoms with Gasteiger partial charge in [0.2, 0.25) is 5.91 Å². The maximum atomic E-state index is 12.3. The standard InChI is InChI=1S/C27H31ClN4O/c1-20(16-22-5-3-13-29-19-22)30-25-11-14-32(15-12-25)26-9-7-24(8-10-26)31-27(33)18-21-4-2-6-23(28)17-21/h2-10,13,17,19-20,25,30H,11-12,14-16,18H2,1H3,(H,31,33). The molecule has 5 nitrogen and oxygen atoms in total. The van der Waals surface area contributed by atoms with E-state index >= 15 is 0 Å². The summed E-state index contributed by atoms with van der Waals surface area (Å²) < 4.78 is 0. The summed E-state index contributed by atoms with van der Waals surface area (Å²) in [6.07, 6.45) is 7.31. The lowest BCUT2D eigenvalue weighted by molar-refractivity contribution is -0.115. The fourth-order valence-electron chi connectivity index (χ4n) is 4.43. The minimum absolute atomic E-state index is 0.0442. The van der Waals surface area contributed by atoms with Gasteiger partial charge in [0.1, 0.15) is 0 Å². The highest BCUT2D eigenvalue weighted by molar-refractivity contribution is 6.30. The molecule has 1 saturated heterocycles. The van der Waals surface area contributed by atoms with Crippen LogP contribution in [0.25, 0.3) is 0 Å². The Morgan fingerprint density at radius 2 is 1.85 bits per heavy atom. The Hall–Kier alpha value is -2.89. The third kappa shape index (κ3) is 7.04. The molecule has 1 aromatic heterocycles. The van der Waals surface area contributed by atoms with E-state index in [-0.39, 0.29) is 5.91 Å². The number of halogens is 1. The molecule has 0 radical (unpaired) electrons. The first-order chi connectivity index (χ1) is 16.0. The Bertz CT molecular complexity index is 1030. The Balaban J connectivity index is 1.22. The molecule has 1 amide bonds. The number of nitrogens with zero attached hydrogens (tertiary/aromatic N) is 2. The number of piperidine rings is 1. The largest absolute Gasteiger partial charge is 0.371 e. The van der Waals surface area contributed by atoms with E-state index in [2.05, 4.69) is 45.6 Å². The first-order valence-electron chi connectivity index (χ1n) is 11.6. The van der Waals surface area contributed by atoms with Gasteiger partial charge in [-0.2, -0.15) is 0 Å². The van der Waals surface area contributed by atoms with Crippen LogP contribution in [0, 0.1) is 0 Å². The van der Waals surface area contributed by atoms with Gasteiger partial charge in [0, 0.05) is 54.0 Å². The van der Waals surface area contributed by atoms with Crippen molar-refractivity contribution in [2.75, 3.05) is 23.3 Å². The Morgan fingerprint density at radius 3 is 2.55 bits per heavy atom. The molecule has 0 bridgehead atoms. The summed E-state index contributed by atoms with van der Waals surface area (Å²) in [4.78, 5) is 19.0. The fraction of sp³-hybridized carbons (Fsp3) is 0.333. The molecule has 6 heteroatoms. The van der Waals surface area contributed by atoms with E-state index in [9.17, 15) is 4.79 Å². The number of hydrogen-bond donors (Lipinski definition) is 2. The monoisotopic (exact) mass is 462 g/mol. The van der Waals surface area contributed by atoms with Gasteiger partial charge in [0.25, 0.3) is 0 Å². The molecule has 1 unspecified atom stereocenters. The summed E-state index contributed by atoms with van der Waals surface area (Å²) in [6.45, 7) is 4.30. The topological polar surface area (TPSA) is 57.3 Å². The van der Waals surface area contributed by atoms with Crippen molar-refractivity contribution in [3.63, 3.8) is 0 Å². The summed E-state index contributed by atoms with van der Waals surface area (Å²) in [6, 6.07) is 20.6. The number of hydrogen-bond acceptors (Lipinski definition) is 4. The summed E-state index contributed by atoms with van der Waals surface area (Å²) in [5.74, 6) is -0.0442. The number of aromatic nitrogens is 1. The van der Waals surface area contributed by atoms with Crippen LogP contribution in [-0.4, -0.2) is 36.1 Å². The second kappa shape index (κ2) is 11.3. The quantitative estimate of drug-likeness (QED) is 0.488. The lowest BCUT2D eigenvalue weighted by Gasteiger charge is -2.35. The molecule has 1 atom stereocenters. The second-order valence-corrected chi connectivity index (χ2v) is 9.23. The lowest BCUT2D eigenvalue weighted by atomic mass is 10.0. The molecule has 0 aliphatic carbocycles. The Labute approximate surface area is 201 Å². The molecule has 1 fully saturated rings. The number of nitrogens with one attached hydrogen (secondary N) is 2. The van der Waals surface area contributed by atoms with Gasteiger partial charge in [0.05, 0.1) is 6.42 Å². The van der Waals surface area contributed by atoms with Crippen LogP contribution in [0.2, 0.25) is 5.02 Å². The van der Waals surface area contributed by atoms with Crippen LogP contribution in [0.1, 0.15) is 30.9 Å². The summed E-state index contributed by atoms with van der Waals surface area (Å²) in [5.41, 5.74) is 4.19. The molecule has 3 aromatic rings. The molecule has 33 heavy (non-hydrogen) atoms. The van der Waals surface area contributed by atoms with Crippen LogP contribution in [-0.2, 0) is 17.6 Å². The number of carbonyl (C=O) groups excluding carboxylic acids is 1. The molecular weight excluding hydrogens is 432 g/mol. The average Bonchev–Trinajstić information content (AvgIpc) is 2.81. The van der Waals surface area contributed by atoms with Crippen molar-refractivity contribution in [1.29, 1.82) is 0 Å². The molecule has 172 valence electrons. The predicted molar refractivity (Wildman–Crippen MR) is 136 cm³/mol. The first kappa shape index (κ1) is 23.3. The van der Waals surface area contributed by atoms with Gasteiger partial charge >= 0.3 is 0 Å². The highest BCUT2D eigenvalue weighted by atomic mass is 35.5. The van der Waals surface area contributed by atoms with Gasteiger partial charge in [-0.05, 0) is 79.8 Å². The second-order valence-electron chi connectivity index (χ2n) is 8.80. The number of rotatable bonds is 8. The minimum atomic E-state index is -0.0442. The van der Waals surface area contributed by atoms with Crippen LogP contribution in [0.4, 0.5) is 11.4 Å². The van der Waals surface area contributed by atoms with Crippen molar-refractivity contribution in [3.05, 3.63) is 89.2 Å². The summed E-state index contributed by atoms with van der Waals surface area (Å²) in [5, 5.41) is 7.40. The maximum absolute atomic E-state index is 12.3. The molecule has 2 N–H and O–H groups in total. The van der Waals surface area contributed by atoms with Gasteiger partial charge in [-0.1, -0.05) is 29.8 Å². The Morgan fingerprint density at radius 1 is 1.09 bits per heavy atom. The third-order valence-electron chi connectivity index (χ3n) is 6.05. The normalized spacial score (nSPS) is 15.3. The zero-order chi connectivity index (χ0) is 23.0. The van der Waals surface area contributed by atoms with Crippen molar-refractivity contribution in [3.8, 4) is 0 Å². The smallest absolute Gasteiger partial charge is 0.228 e. The summed E-state index contributed by atoms with van der Waals surface area (Å²) >= 11 is 6.00. The number of benzene rings is 2. The zero-order valence-electron chi connectivity index (χ0n) is 19.0. The number of carbonyl (C=O) groups is 1. The van der Waals surface area contributed by atoms with E-state index in [1.165, 1.54) is 11.3 Å². The van der Waals surface area contributed by atoms with Crippen LogP contribution in [0.3, 0.4) is 0 Å². The van der Waals surface area contributed by atoms with Crippen LogP contribution in [0.15, 0.2) is 73.1 Å². The minimum Gasteiger partial charge on any atom is -0.371 e. The van der Waals surface area contributed by atoms with Crippen molar-refractivity contribution in [1.82, 2.24) is 10.3 Å². The van der Waals surface area contributed by atoms with E-state index < -0.39 is 0 Å². The van der Waals surface area contributed by atoms with E-state index in [1.54, 1.807) is 0 Å². The molecule has 1 aliphatic rings. The molecule has 1 aliphatic heterocycles. The summed E-state index contributed by atoms with van der Waals surface area (Å²) in [7, 11) is 0. The van der Waals surface area contributed by atoms with Crippen molar-refractivity contribution in [2.45, 2.75) is 44.7 Å². The molecule has 4 rings (SSSR count). The molecule has 2 heterocycles. The molecule has 0 saturated carbocycles. The van der Waals surface area contributed by atoms with Crippen molar-refractivity contribution < 1.29 is 4.79 Å². The van der Waals surface area contributed by atoms with E-state index in [0.29, 0.717) is 23.5 Å². The fourth-order valence-corrected chi connectivity index (χ4v) is 4.64. The number of pyridine rings is 1. The van der Waals surface area contributed by atoms with Gasteiger partial charge in [-0.25, -0.2) is 0 Å². The number of amides is 1. The zero-order valence-corrected chi connectivity index (χ0v) is 19.8. The molecule has 2 aromatic carbocycles. The van der Waals surface area contributed by atoms with Gasteiger partial charge < -0.3 is 15.5 Å². The van der Waals surface area contributed by atoms with Gasteiger partial charge in [-0.15, -0.1) is 0 Å². The first-order valence-corrected chi connectivity index (χ1v) is 12.0. The van der Waals surface area contributed by atoms with Crippen molar-refractivity contribution >= 4 is 28.9 Å². The Kier molecular flexibility index (Phi) is 7.97. The maximum Gasteiger partial charge on any atom is 0.228 e. The van der Waals surface area contributed by atoms with E-state index in [4.69, 9.17) is 11.6 Å². The van der Waals surface area contributed by atoms with E-state index in [1.807, 2.05) is 54.9 Å². The average molecular weight is 463 g/mol. The molecule has 0 spiro atoms. The lowest BCUT2D eigenvalue weighted by Crippen LogP contribution is -2.46. The highest BCUT2D eigenvalue weighted by Crippen LogP contribution is 2.23. The van der Waals surface area contributed by atoms with Crippen LogP contribution >= 0.6 is 11.6 Å².